The van der Waals surface area contributed by atoms with Crippen LogP contribution in [0.5, 0.6) is 0 Å². The van der Waals surface area contributed by atoms with Crippen molar-refractivity contribution >= 4 is 47.4 Å². The van der Waals surface area contributed by atoms with Gasteiger partial charge in [-0.1, -0.05) is 19.6 Å². The van der Waals surface area contributed by atoms with Crippen LogP contribution < -0.4 is 0 Å². The number of aliphatic hydroxyl groups is 1. The van der Waals surface area contributed by atoms with Gasteiger partial charge in [0.2, 0.25) is 0 Å². The number of carbonyl (C=O) groups is 6. The van der Waals surface area contributed by atoms with E-state index in [0.29, 0.717) is 0 Å². The maximum atomic E-state index is 13.1. The number of ether oxygens (including phenoxy) is 7. The second kappa shape index (κ2) is 12.0. The molecular formula is C30H37ClO14. The molecule has 3 fully saturated rings. The molecule has 0 aromatic carbocycles. The summed E-state index contributed by atoms with van der Waals surface area (Å²) in [6, 6.07) is 0. The SMILES string of the molecule is C=C1/C=C/C(OC(C)=O)C2(C)C(OC(C)=O)C(OC(C)=O)C(OC(C)=O)C3(CO3)C2C(OC(C)=O)C2(O)C(C)C(=O)OC2C1Cl. The zero-order chi connectivity index (χ0) is 33.8. The van der Waals surface area contributed by atoms with Crippen LogP contribution in [0.1, 0.15) is 48.5 Å². The third kappa shape index (κ3) is 5.72. The quantitative estimate of drug-likeness (QED) is 0.191. The number of allylic oxidation sites excluding steroid dienone is 1. The first-order valence-electron chi connectivity index (χ1n) is 14.3. The average molecular weight is 657 g/mol. The Morgan fingerprint density at radius 2 is 1.38 bits per heavy atom. The lowest BCUT2D eigenvalue weighted by Crippen LogP contribution is -2.76. The lowest BCUT2D eigenvalue weighted by molar-refractivity contribution is -0.280. The van der Waals surface area contributed by atoms with Gasteiger partial charge in [-0.25, -0.2) is 0 Å². The van der Waals surface area contributed by atoms with Crippen LogP contribution in [0.2, 0.25) is 0 Å². The van der Waals surface area contributed by atoms with E-state index in [2.05, 4.69) is 6.58 Å². The normalized spacial score (nSPS) is 42.6. The maximum absolute atomic E-state index is 13.1. The average Bonchev–Trinajstić information content (AvgIpc) is 3.67. The van der Waals surface area contributed by atoms with Gasteiger partial charge < -0.3 is 38.3 Å². The van der Waals surface area contributed by atoms with E-state index < -0.39 is 106 Å². The summed E-state index contributed by atoms with van der Waals surface area (Å²) < 4.78 is 40.5. The molecule has 12 atom stereocenters. The molecule has 14 nitrogen and oxygen atoms in total. The smallest absolute Gasteiger partial charge is 0.312 e. The van der Waals surface area contributed by atoms with Crippen molar-refractivity contribution < 1.29 is 67.0 Å². The Kier molecular flexibility index (Phi) is 9.19. The molecule has 4 rings (SSSR count). The summed E-state index contributed by atoms with van der Waals surface area (Å²) in [5.74, 6) is -7.91. The molecule has 248 valence electrons. The van der Waals surface area contributed by atoms with Crippen molar-refractivity contribution in [3.63, 3.8) is 0 Å². The third-order valence-corrected chi connectivity index (χ3v) is 9.57. The summed E-state index contributed by atoms with van der Waals surface area (Å²) in [6.45, 7) is 12.0. The second-order valence-electron chi connectivity index (χ2n) is 12.1. The first kappa shape index (κ1) is 34.4. The van der Waals surface area contributed by atoms with Gasteiger partial charge in [0, 0.05) is 40.5 Å². The predicted octanol–water partition coefficient (Wildman–Crippen LogP) is 1.08. The molecule has 0 aromatic rings. The molecule has 12 unspecified atom stereocenters. The van der Waals surface area contributed by atoms with Crippen molar-refractivity contribution in [1.29, 1.82) is 0 Å². The number of epoxide rings is 1. The van der Waals surface area contributed by atoms with Crippen molar-refractivity contribution in [2.75, 3.05) is 6.61 Å². The van der Waals surface area contributed by atoms with Crippen LogP contribution in [0.4, 0.5) is 0 Å². The largest absolute Gasteiger partial charge is 0.459 e. The van der Waals surface area contributed by atoms with Gasteiger partial charge >= 0.3 is 35.8 Å². The molecule has 0 radical (unpaired) electrons. The monoisotopic (exact) mass is 656 g/mol. The molecule has 2 saturated heterocycles. The molecule has 4 aliphatic rings. The van der Waals surface area contributed by atoms with Crippen molar-refractivity contribution in [2.45, 2.75) is 102 Å². The summed E-state index contributed by atoms with van der Waals surface area (Å²) >= 11 is 6.75. The molecule has 0 bridgehead atoms. The molecule has 2 aliphatic heterocycles. The molecule has 0 aromatic heterocycles. The van der Waals surface area contributed by atoms with E-state index >= 15 is 0 Å². The Hall–Kier alpha value is -3.49. The topological polar surface area (TPSA) is 191 Å². The fourth-order valence-electron chi connectivity index (χ4n) is 7.17. The van der Waals surface area contributed by atoms with Crippen molar-refractivity contribution in [3.05, 3.63) is 24.3 Å². The van der Waals surface area contributed by atoms with Crippen molar-refractivity contribution in [3.8, 4) is 0 Å². The summed E-state index contributed by atoms with van der Waals surface area (Å²) in [4.78, 5) is 76.3. The molecule has 15 heteroatoms. The van der Waals surface area contributed by atoms with Crippen molar-refractivity contribution in [1.82, 2.24) is 0 Å². The zero-order valence-electron chi connectivity index (χ0n) is 25.9. The van der Waals surface area contributed by atoms with Crippen LogP contribution in [0, 0.1) is 17.3 Å². The van der Waals surface area contributed by atoms with Gasteiger partial charge in [0.1, 0.15) is 17.8 Å². The van der Waals surface area contributed by atoms with Gasteiger partial charge in [0.25, 0.3) is 0 Å². The Balaban J connectivity index is 2.17. The van der Waals surface area contributed by atoms with Crippen LogP contribution in [0.25, 0.3) is 0 Å². The minimum atomic E-state index is -2.41. The van der Waals surface area contributed by atoms with E-state index in [9.17, 15) is 33.9 Å². The van der Waals surface area contributed by atoms with E-state index in [1.165, 1.54) is 26.0 Å². The standard InChI is InChI=1S/C30H37ClO14/c1-12-9-10-19(40-14(3)32)28(8)22(26(44-18(7)36)30(38)13(2)27(37)45-23(30)20(12)31)29(11-39-29)25(43-17(6)35)21(41-15(4)33)24(28)42-16(5)34/h9-10,13,19-26,38H,1,11H2,2-8H3/b10-9+. The van der Waals surface area contributed by atoms with E-state index in [-0.39, 0.29) is 12.2 Å². The van der Waals surface area contributed by atoms with Gasteiger partial charge in [-0.15, -0.1) is 11.6 Å². The van der Waals surface area contributed by atoms with E-state index in [4.69, 9.17) is 44.8 Å². The number of esters is 6. The molecule has 2 aliphatic carbocycles. The summed E-state index contributed by atoms with van der Waals surface area (Å²) in [6.07, 6.45) is -6.63. The highest BCUT2D eigenvalue weighted by molar-refractivity contribution is 6.23. The first-order valence-corrected chi connectivity index (χ1v) is 14.7. The lowest BCUT2D eigenvalue weighted by Gasteiger charge is -2.59. The van der Waals surface area contributed by atoms with Crippen LogP contribution in [0.3, 0.4) is 0 Å². The number of fused-ring (bicyclic) bond motifs is 3. The molecule has 1 spiro atoms. The fourth-order valence-corrected chi connectivity index (χ4v) is 7.50. The van der Waals surface area contributed by atoms with Crippen molar-refractivity contribution in [2.24, 2.45) is 17.3 Å². The van der Waals surface area contributed by atoms with E-state index in [0.717, 1.165) is 34.6 Å². The summed E-state index contributed by atoms with van der Waals surface area (Å²) in [5, 5.41) is 11.4. The number of carbonyl (C=O) groups excluding carboxylic acids is 6. The van der Waals surface area contributed by atoms with Crippen LogP contribution in [-0.2, 0) is 61.9 Å². The van der Waals surface area contributed by atoms with Crippen LogP contribution in [0.15, 0.2) is 24.3 Å². The maximum Gasteiger partial charge on any atom is 0.312 e. The molecule has 1 N–H and O–H groups in total. The zero-order valence-corrected chi connectivity index (χ0v) is 26.7. The molecule has 2 heterocycles. The highest BCUT2D eigenvalue weighted by Gasteiger charge is 2.81. The lowest BCUT2D eigenvalue weighted by atomic mass is 9.51. The Morgan fingerprint density at radius 1 is 0.889 bits per heavy atom. The Labute approximate surface area is 264 Å². The Morgan fingerprint density at radius 3 is 1.87 bits per heavy atom. The fraction of sp³-hybridized carbons (Fsp3) is 0.667. The highest BCUT2D eigenvalue weighted by Crippen LogP contribution is 2.63. The summed E-state index contributed by atoms with van der Waals surface area (Å²) in [5.41, 5.74) is -5.85. The number of halogens is 1. The second-order valence-corrected chi connectivity index (χ2v) is 12.6. The highest BCUT2D eigenvalue weighted by atomic mass is 35.5. The van der Waals surface area contributed by atoms with E-state index in [1.54, 1.807) is 0 Å². The van der Waals surface area contributed by atoms with Crippen LogP contribution >= 0.6 is 11.6 Å². The van der Waals surface area contributed by atoms with Crippen LogP contribution in [-0.4, -0.2) is 101 Å². The van der Waals surface area contributed by atoms with E-state index in [1.807, 2.05) is 0 Å². The Bertz CT molecular complexity index is 1340. The first-order chi connectivity index (χ1) is 20.8. The summed E-state index contributed by atoms with van der Waals surface area (Å²) in [7, 11) is 0. The van der Waals surface area contributed by atoms with Gasteiger partial charge in [-0.2, -0.15) is 0 Å². The molecule has 45 heavy (non-hydrogen) atoms. The number of hydrogen-bond donors (Lipinski definition) is 1. The molecule has 0 amide bonds. The van der Waals surface area contributed by atoms with Gasteiger partial charge in [-0.3, -0.25) is 28.8 Å². The molecule has 1 saturated carbocycles. The predicted molar refractivity (Wildman–Crippen MR) is 150 cm³/mol. The minimum Gasteiger partial charge on any atom is -0.459 e. The number of rotatable bonds is 5. The number of alkyl halides is 1. The number of hydrogen-bond acceptors (Lipinski definition) is 14. The minimum absolute atomic E-state index is 0.120. The van der Waals surface area contributed by atoms with Gasteiger partial charge in [0.15, 0.2) is 30.0 Å². The molecular weight excluding hydrogens is 620 g/mol. The third-order valence-electron chi connectivity index (χ3n) is 9.06. The van der Waals surface area contributed by atoms with Gasteiger partial charge in [0.05, 0.1) is 23.3 Å². The van der Waals surface area contributed by atoms with Gasteiger partial charge in [-0.05, 0) is 18.6 Å².